The molecule has 0 spiro atoms. The highest BCUT2D eigenvalue weighted by atomic mass is 19.1. The third-order valence-corrected chi connectivity index (χ3v) is 4.14. The highest BCUT2D eigenvalue weighted by Crippen LogP contribution is 2.26. The highest BCUT2D eigenvalue weighted by Gasteiger charge is 2.25. The van der Waals surface area contributed by atoms with E-state index in [0.717, 1.165) is 25.2 Å². The first-order chi connectivity index (χ1) is 13.1. The lowest BCUT2D eigenvalue weighted by atomic mass is 10.1. The van der Waals surface area contributed by atoms with Crippen LogP contribution in [-0.2, 0) is 0 Å². The Morgan fingerprint density at radius 2 is 1.85 bits per heavy atom. The first-order valence-corrected chi connectivity index (χ1v) is 8.50. The van der Waals surface area contributed by atoms with E-state index in [0.29, 0.717) is 30.3 Å². The number of nitrogens with one attached hydrogen (secondary N) is 1. The molecule has 1 fully saturated rings. The molecule has 9 heteroatoms. The lowest BCUT2D eigenvalue weighted by Crippen LogP contribution is -2.46. The SMILES string of the molecule is COc1cc(NC(=O)N2CCCC(Oc3ncc(F)cn3)C2)cc(OC)c1. The van der Waals surface area contributed by atoms with Crippen molar-refractivity contribution in [3.05, 3.63) is 36.4 Å². The average molecular weight is 376 g/mol. The van der Waals surface area contributed by atoms with Crippen molar-refractivity contribution >= 4 is 11.7 Å². The van der Waals surface area contributed by atoms with Crippen LogP contribution in [0.15, 0.2) is 30.6 Å². The third-order valence-electron chi connectivity index (χ3n) is 4.14. The number of nitrogens with zero attached hydrogens (tertiary/aromatic N) is 3. The molecule has 1 aliphatic heterocycles. The number of piperidine rings is 1. The molecule has 1 aliphatic rings. The molecule has 1 N–H and O–H groups in total. The maximum Gasteiger partial charge on any atom is 0.321 e. The van der Waals surface area contributed by atoms with E-state index in [9.17, 15) is 9.18 Å². The van der Waals surface area contributed by atoms with Gasteiger partial charge in [0.25, 0.3) is 0 Å². The number of anilines is 1. The first kappa shape index (κ1) is 18.7. The van der Waals surface area contributed by atoms with Gasteiger partial charge in [0.15, 0.2) is 5.82 Å². The molecule has 1 atom stereocenters. The predicted molar refractivity (Wildman–Crippen MR) is 95.8 cm³/mol. The minimum Gasteiger partial charge on any atom is -0.497 e. The van der Waals surface area contributed by atoms with Crippen molar-refractivity contribution in [3.63, 3.8) is 0 Å². The van der Waals surface area contributed by atoms with Crippen molar-refractivity contribution in [2.75, 3.05) is 32.6 Å². The molecule has 8 nitrogen and oxygen atoms in total. The molecule has 3 rings (SSSR count). The van der Waals surface area contributed by atoms with E-state index < -0.39 is 5.82 Å². The van der Waals surface area contributed by atoms with Crippen LogP contribution in [0.5, 0.6) is 17.5 Å². The second-order valence-corrected chi connectivity index (χ2v) is 6.04. The second kappa shape index (κ2) is 8.52. The Bertz CT molecular complexity index is 765. The highest BCUT2D eigenvalue weighted by molar-refractivity contribution is 5.90. The Morgan fingerprint density at radius 1 is 1.19 bits per heavy atom. The smallest absolute Gasteiger partial charge is 0.321 e. The Labute approximate surface area is 156 Å². The molecule has 0 radical (unpaired) electrons. The summed E-state index contributed by atoms with van der Waals surface area (Å²) in [6, 6.07) is 5.00. The first-order valence-electron chi connectivity index (χ1n) is 8.50. The maximum atomic E-state index is 12.9. The van der Waals surface area contributed by atoms with Crippen LogP contribution in [0.4, 0.5) is 14.9 Å². The molecule has 2 aromatic rings. The summed E-state index contributed by atoms with van der Waals surface area (Å²) in [7, 11) is 3.09. The van der Waals surface area contributed by atoms with E-state index >= 15 is 0 Å². The summed E-state index contributed by atoms with van der Waals surface area (Å²) in [6.07, 6.45) is 3.38. The van der Waals surface area contributed by atoms with Gasteiger partial charge in [-0.15, -0.1) is 0 Å². The Morgan fingerprint density at radius 3 is 2.48 bits per heavy atom. The summed E-state index contributed by atoms with van der Waals surface area (Å²) in [6.45, 7) is 0.991. The molecular formula is C18H21FN4O4. The van der Waals surface area contributed by atoms with Gasteiger partial charge in [0.1, 0.15) is 17.6 Å². The van der Waals surface area contributed by atoms with Gasteiger partial charge in [-0.1, -0.05) is 0 Å². The van der Waals surface area contributed by atoms with E-state index in [1.54, 1.807) is 37.3 Å². The van der Waals surface area contributed by atoms with Crippen LogP contribution in [0.25, 0.3) is 0 Å². The number of halogens is 1. The van der Waals surface area contributed by atoms with Crippen LogP contribution in [0.3, 0.4) is 0 Å². The third kappa shape index (κ3) is 4.96. The summed E-state index contributed by atoms with van der Waals surface area (Å²) < 4.78 is 29.0. The van der Waals surface area contributed by atoms with Crippen molar-refractivity contribution < 1.29 is 23.4 Å². The zero-order chi connectivity index (χ0) is 19.2. The largest absolute Gasteiger partial charge is 0.497 e. The maximum absolute atomic E-state index is 12.9. The van der Waals surface area contributed by atoms with Gasteiger partial charge in [0.2, 0.25) is 0 Å². The van der Waals surface area contributed by atoms with Crippen molar-refractivity contribution in [3.8, 4) is 17.5 Å². The minimum absolute atomic E-state index is 0.0983. The van der Waals surface area contributed by atoms with E-state index in [2.05, 4.69) is 15.3 Å². The van der Waals surface area contributed by atoms with Gasteiger partial charge in [0.05, 0.1) is 33.2 Å². The molecule has 1 aromatic heterocycles. The standard InChI is InChI=1S/C18H21FN4O4/c1-25-15-6-13(7-16(8-15)26-2)22-18(24)23-5-3-4-14(11-23)27-17-20-9-12(19)10-21-17/h6-10,14H,3-5,11H2,1-2H3,(H,22,24). The predicted octanol–water partition coefficient (Wildman–Crippen LogP) is 2.71. The number of methoxy groups -OCH3 is 2. The van der Waals surface area contributed by atoms with Crippen molar-refractivity contribution in [1.82, 2.24) is 14.9 Å². The van der Waals surface area contributed by atoms with Crippen LogP contribution >= 0.6 is 0 Å². The minimum atomic E-state index is -0.527. The van der Waals surface area contributed by atoms with Crippen LogP contribution < -0.4 is 19.5 Å². The zero-order valence-corrected chi connectivity index (χ0v) is 15.1. The fraction of sp³-hybridized carbons (Fsp3) is 0.389. The van der Waals surface area contributed by atoms with Gasteiger partial charge in [-0.25, -0.2) is 19.2 Å². The van der Waals surface area contributed by atoms with Crippen LogP contribution in [0, 0.1) is 5.82 Å². The number of amides is 2. The van der Waals surface area contributed by atoms with E-state index in [4.69, 9.17) is 14.2 Å². The molecule has 27 heavy (non-hydrogen) atoms. The van der Waals surface area contributed by atoms with Gasteiger partial charge in [-0.3, -0.25) is 0 Å². The monoisotopic (exact) mass is 376 g/mol. The zero-order valence-electron chi connectivity index (χ0n) is 15.1. The summed E-state index contributed by atoms with van der Waals surface area (Å²) in [5, 5.41) is 2.84. The van der Waals surface area contributed by atoms with Crippen LogP contribution in [0.2, 0.25) is 0 Å². The molecule has 0 saturated carbocycles. The fourth-order valence-corrected chi connectivity index (χ4v) is 2.81. The second-order valence-electron chi connectivity index (χ2n) is 6.04. The van der Waals surface area contributed by atoms with Crippen molar-refractivity contribution in [1.29, 1.82) is 0 Å². The summed E-state index contributed by atoms with van der Waals surface area (Å²) in [4.78, 5) is 21.8. The number of hydrogen-bond donors (Lipinski definition) is 1. The number of carbonyl (C=O) groups is 1. The van der Waals surface area contributed by atoms with Crippen LogP contribution in [-0.4, -0.2) is 54.3 Å². The number of hydrogen-bond acceptors (Lipinski definition) is 6. The van der Waals surface area contributed by atoms with Crippen LogP contribution in [0.1, 0.15) is 12.8 Å². The number of urea groups is 1. The number of ether oxygens (including phenoxy) is 3. The molecule has 1 aromatic carbocycles. The molecule has 2 heterocycles. The molecule has 0 bridgehead atoms. The summed E-state index contributed by atoms with van der Waals surface area (Å²) in [5.74, 6) is 0.636. The molecule has 0 aliphatic carbocycles. The summed E-state index contributed by atoms with van der Waals surface area (Å²) >= 11 is 0. The lowest BCUT2D eigenvalue weighted by Gasteiger charge is -2.32. The topological polar surface area (TPSA) is 85.8 Å². The van der Waals surface area contributed by atoms with Crippen molar-refractivity contribution in [2.24, 2.45) is 0 Å². The quantitative estimate of drug-likeness (QED) is 0.864. The van der Waals surface area contributed by atoms with Gasteiger partial charge < -0.3 is 24.4 Å². The molecule has 144 valence electrons. The molecular weight excluding hydrogens is 355 g/mol. The molecule has 2 amide bonds. The van der Waals surface area contributed by atoms with Crippen molar-refractivity contribution in [2.45, 2.75) is 18.9 Å². The number of carbonyl (C=O) groups excluding carboxylic acids is 1. The number of likely N-dealkylation sites (tertiary alicyclic amines) is 1. The Kier molecular flexibility index (Phi) is 5.90. The number of rotatable bonds is 5. The lowest BCUT2D eigenvalue weighted by molar-refractivity contribution is 0.0981. The van der Waals surface area contributed by atoms with Gasteiger partial charge >= 0.3 is 12.0 Å². The van der Waals surface area contributed by atoms with E-state index in [-0.39, 0.29) is 18.1 Å². The number of benzene rings is 1. The Hall–Kier alpha value is -3.10. The Balaban J connectivity index is 1.62. The van der Waals surface area contributed by atoms with Gasteiger partial charge in [0, 0.05) is 30.4 Å². The molecule has 1 unspecified atom stereocenters. The van der Waals surface area contributed by atoms with E-state index in [1.165, 1.54) is 0 Å². The molecule has 1 saturated heterocycles. The van der Waals surface area contributed by atoms with Gasteiger partial charge in [-0.05, 0) is 12.8 Å². The average Bonchev–Trinajstić information content (AvgIpc) is 2.69. The number of aromatic nitrogens is 2. The van der Waals surface area contributed by atoms with E-state index in [1.807, 2.05) is 0 Å². The summed E-state index contributed by atoms with van der Waals surface area (Å²) in [5.41, 5.74) is 0.570. The van der Waals surface area contributed by atoms with Gasteiger partial charge in [-0.2, -0.15) is 0 Å². The normalized spacial score (nSPS) is 16.6. The fourth-order valence-electron chi connectivity index (χ4n) is 2.81.